The normalized spacial score (nSPS) is 23.6. The number of rotatable bonds is 14. The molecule has 2 saturated carbocycles. The molecule has 0 saturated heterocycles. The molecule has 2 aromatic rings. The number of esters is 1. The van der Waals surface area contributed by atoms with Crippen molar-refractivity contribution in [2.75, 3.05) is 6.61 Å². The van der Waals surface area contributed by atoms with E-state index in [2.05, 4.69) is 89.7 Å². The molecule has 1 atom stereocenters. The van der Waals surface area contributed by atoms with Crippen LogP contribution in [0.15, 0.2) is 72.8 Å². The standard InChI is InChI=1S/C40H60O3Si/c1-7-9-16-32(8-2)29-33-21-23-34(24-22-33)35-25-27-36(28-26-35)43-39(41)31(3)30-42-44(40(4,5)6,37-17-12-10-13-18-37)38-19-14-11-15-20-38/h10-15,17-20,32-36H,3,7-9,16,21-30H2,1-2,4-6H3. The van der Waals surface area contributed by atoms with Crippen molar-refractivity contribution in [3.63, 3.8) is 0 Å². The molecule has 2 aliphatic carbocycles. The smallest absolute Gasteiger partial charge is 0.335 e. The SMILES string of the molecule is C=C(CO[Si](c1ccccc1)(c1ccccc1)C(C)(C)C)C(=O)OC1CCC(C2CCC(CC(CC)CCCC)CC2)CC1. The zero-order valence-electron chi connectivity index (χ0n) is 28.5. The van der Waals surface area contributed by atoms with Crippen molar-refractivity contribution in [3.8, 4) is 0 Å². The first-order chi connectivity index (χ1) is 21.2. The average molecular weight is 617 g/mol. The molecule has 2 fully saturated rings. The van der Waals surface area contributed by atoms with Gasteiger partial charge in [0.05, 0.1) is 12.2 Å². The predicted octanol–water partition coefficient (Wildman–Crippen LogP) is 9.63. The fourth-order valence-corrected chi connectivity index (χ4v) is 12.8. The second-order valence-electron chi connectivity index (χ2n) is 14.9. The van der Waals surface area contributed by atoms with Crippen LogP contribution in [-0.4, -0.2) is 27.0 Å². The zero-order valence-corrected chi connectivity index (χ0v) is 29.5. The number of benzene rings is 2. The van der Waals surface area contributed by atoms with Crippen molar-refractivity contribution in [2.45, 2.75) is 129 Å². The van der Waals surface area contributed by atoms with E-state index >= 15 is 0 Å². The van der Waals surface area contributed by atoms with Gasteiger partial charge in [-0.05, 0) is 84.0 Å². The first-order valence-electron chi connectivity index (χ1n) is 17.8. The van der Waals surface area contributed by atoms with Crippen LogP contribution in [0.1, 0.15) is 118 Å². The molecular weight excluding hydrogens is 557 g/mol. The molecule has 44 heavy (non-hydrogen) atoms. The average Bonchev–Trinajstić information content (AvgIpc) is 3.04. The van der Waals surface area contributed by atoms with Gasteiger partial charge in [0.2, 0.25) is 0 Å². The van der Waals surface area contributed by atoms with Crippen LogP contribution in [-0.2, 0) is 14.0 Å². The topological polar surface area (TPSA) is 35.5 Å². The third-order valence-corrected chi connectivity index (χ3v) is 15.9. The van der Waals surface area contributed by atoms with Crippen molar-refractivity contribution in [1.82, 2.24) is 0 Å². The molecule has 0 radical (unpaired) electrons. The molecule has 0 heterocycles. The van der Waals surface area contributed by atoms with Crippen LogP contribution in [0.2, 0.25) is 5.04 Å². The summed E-state index contributed by atoms with van der Waals surface area (Å²) in [5, 5.41) is 2.26. The Hall–Kier alpha value is -2.17. The number of carbonyl (C=O) groups is 1. The summed E-state index contributed by atoms with van der Waals surface area (Å²) in [7, 11) is -2.73. The van der Waals surface area contributed by atoms with E-state index in [9.17, 15) is 4.79 Å². The Kier molecular flexibility index (Phi) is 12.9. The van der Waals surface area contributed by atoms with Crippen LogP contribution in [0, 0.1) is 23.7 Å². The van der Waals surface area contributed by atoms with Gasteiger partial charge in [-0.25, -0.2) is 4.79 Å². The molecule has 3 nitrogen and oxygen atoms in total. The summed E-state index contributed by atoms with van der Waals surface area (Å²) in [5.41, 5.74) is 0.419. The lowest BCUT2D eigenvalue weighted by Gasteiger charge is -2.43. The monoisotopic (exact) mass is 616 g/mol. The highest BCUT2D eigenvalue weighted by Gasteiger charge is 2.50. The molecule has 0 spiro atoms. The maximum atomic E-state index is 13.3. The second kappa shape index (κ2) is 16.4. The van der Waals surface area contributed by atoms with E-state index in [4.69, 9.17) is 9.16 Å². The minimum Gasteiger partial charge on any atom is -0.459 e. The Morgan fingerprint density at radius 2 is 1.36 bits per heavy atom. The van der Waals surface area contributed by atoms with Gasteiger partial charge in [0.25, 0.3) is 8.32 Å². The Balaban J connectivity index is 1.27. The van der Waals surface area contributed by atoms with Gasteiger partial charge >= 0.3 is 5.97 Å². The molecule has 242 valence electrons. The van der Waals surface area contributed by atoms with Crippen molar-refractivity contribution < 1.29 is 14.0 Å². The Bertz CT molecular complexity index is 1100. The van der Waals surface area contributed by atoms with Gasteiger partial charge < -0.3 is 9.16 Å². The summed E-state index contributed by atoms with van der Waals surface area (Å²) in [6.45, 7) is 15.8. The minimum atomic E-state index is -2.73. The van der Waals surface area contributed by atoms with Gasteiger partial charge in [0.1, 0.15) is 6.10 Å². The fourth-order valence-electron chi connectivity index (χ4n) is 8.28. The highest BCUT2D eigenvalue weighted by Crippen LogP contribution is 2.43. The largest absolute Gasteiger partial charge is 0.459 e. The summed E-state index contributed by atoms with van der Waals surface area (Å²) < 4.78 is 13.0. The third-order valence-electron chi connectivity index (χ3n) is 10.9. The Morgan fingerprint density at radius 1 is 0.841 bits per heavy atom. The second-order valence-corrected chi connectivity index (χ2v) is 19.2. The van der Waals surface area contributed by atoms with Crippen molar-refractivity contribution in [2.24, 2.45) is 23.7 Å². The van der Waals surface area contributed by atoms with Gasteiger partial charge in [0.15, 0.2) is 0 Å². The minimum absolute atomic E-state index is 0.00332. The number of hydrogen-bond donors (Lipinski definition) is 0. The third kappa shape index (κ3) is 8.75. The zero-order chi connectivity index (χ0) is 31.6. The van der Waals surface area contributed by atoms with Crippen LogP contribution in [0.25, 0.3) is 0 Å². The maximum absolute atomic E-state index is 13.3. The quantitative estimate of drug-likeness (QED) is 0.120. The Labute approximate surface area is 270 Å². The molecule has 0 aromatic heterocycles. The molecule has 0 N–H and O–H groups in total. The van der Waals surface area contributed by atoms with Crippen LogP contribution >= 0.6 is 0 Å². The number of unbranched alkanes of at least 4 members (excludes halogenated alkanes) is 1. The van der Waals surface area contributed by atoms with E-state index in [1.54, 1.807) is 0 Å². The number of carbonyl (C=O) groups excluding carboxylic acids is 1. The molecule has 4 rings (SSSR count). The molecule has 0 bridgehead atoms. The van der Waals surface area contributed by atoms with Crippen LogP contribution in [0.5, 0.6) is 0 Å². The summed E-state index contributed by atoms with van der Waals surface area (Å²) in [6, 6.07) is 21.1. The lowest BCUT2D eigenvalue weighted by Crippen LogP contribution is -2.66. The lowest BCUT2D eigenvalue weighted by molar-refractivity contribution is -0.146. The predicted molar refractivity (Wildman–Crippen MR) is 188 cm³/mol. The Morgan fingerprint density at radius 3 is 1.84 bits per heavy atom. The lowest BCUT2D eigenvalue weighted by atomic mass is 9.69. The first-order valence-corrected chi connectivity index (χ1v) is 19.7. The fraction of sp³-hybridized carbons (Fsp3) is 0.625. The van der Waals surface area contributed by atoms with Crippen LogP contribution < -0.4 is 10.4 Å². The van der Waals surface area contributed by atoms with Crippen molar-refractivity contribution in [3.05, 3.63) is 72.8 Å². The van der Waals surface area contributed by atoms with Gasteiger partial charge in [-0.15, -0.1) is 0 Å². The van der Waals surface area contributed by atoms with Crippen molar-refractivity contribution >= 4 is 24.7 Å². The molecule has 2 aliphatic rings. The van der Waals surface area contributed by atoms with Gasteiger partial charge in [-0.1, -0.05) is 140 Å². The summed E-state index contributed by atoms with van der Waals surface area (Å²) in [6.07, 6.45) is 16.9. The number of hydrogen-bond acceptors (Lipinski definition) is 3. The molecule has 2 aromatic carbocycles. The van der Waals surface area contributed by atoms with Gasteiger partial charge in [0, 0.05) is 0 Å². The maximum Gasteiger partial charge on any atom is 0.335 e. The highest BCUT2D eigenvalue weighted by atomic mass is 28.4. The van der Waals surface area contributed by atoms with E-state index in [0.29, 0.717) is 5.57 Å². The van der Waals surface area contributed by atoms with E-state index in [1.165, 1.54) is 81.0 Å². The molecule has 4 heteroatoms. The molecule has 0 amide bonds. The van der Waals surface area contributed by atoms with Gasteiger partial charge in [-0.3, -0.25) is 0 Å². The number of ether oxygens (including phenoxy) is 1. The van der Waals surface area contributed by atoms with Crippen LogP contribution in [0.4, 0.5) is 0 Å². The first kappa shape index (κ1) is 34.7. The summed E-state index contributed by atoms with van der Waals surface area (Å²) in [5.74, 6) is 3.26. The van der Waals surface area contributed by atoms with Crippen molar-refractivity contribution in [1.29, 1.82) is 0 Å². The van der Waals surface area contributed by atoms with E-state index in [-0.39, 0.29) is 23.7 Å². The van der Waals surface area contributed by atoms with E-state index in [0.717, 1.165) is 36.5 Å². The summed E-state index contributed by atoms with van der Waals surface area (Å²) >= 11 is 0. The van der Waals surface area contributed by atoms with Gasteiger partial charge in [-0.2, -0.15) is 0 Å². The van der Waals surface area contributed by atoms with E-state index in [1.807, 2.05) is 12.1 Å². The molecule has 0 aliphatic heterocycles. The molecule has 1 unspecified atom stereocenters. The molecular formula is C40H60O3Si. The van der Waals surface area contributed by atoms with Crippen LogP contribution in [0.3, 0.4) is 0 Å². The van der Waals surface area contributed by atoms with E-state index < -0.39 is 8.32 Å². The highest BCUT2D eigenvalue weighted by molar-refractivity contribution is 6.99. The summed E-state index contributed by atoms with van der Waals surface area (Å²) in [4.78, 5) is 13.3.